The summed E-state index contributed by atoms with van der Waals surface area (Å²) in [5.74, 6) is 0.479. The van der Waals surface area contributed by atoms with E-state index in [-0.39, 0.29) is 0 Å². The van der Waals surface area contributed by atoms with E-state index in [0.29, 0.717) is 11.4 Å². The number of isocyanates is 1. The van der Waals surface area contributed by atoms with Crippen molar-refractivity contribution in [2.45, 2.75) is 6.92 Å². The summed E-state index contributed by atoms with van der Waals surface area (Å²) in [7, 11) is 0. The van der Waals surface area contributed by atoms with Crippen molar-refractivity contribution >= 4 is 80.0 Å². The maximum atomic E-state index is 11.0. The molecule has 9 aromatic carbocycles. The van der Waals surface area contributed by atoms with Gasteiger partial charge in [-0.15, -0.1) is 5.26 Å². The van der Waals surface area contributed by atoms with Crippen LogP contribution in [0.3, 0.4) is 0 Å². The summed E-state index contributed by atoms with van der Waals surface area (Å²) in [5, 5.41) is 9.08. The number of nitrogens with zero attached hydrogens (tertiary/aromatic N) is 6. The monoisotopic (exact) mass is 842 g/mol. The van der Waals surface area contributed by atoms with Crippen LogP contribution in [-0.4, -0.2) is 6.08 Å². The number of benzene rings is 9. The Balaban J connectivity index is 1.13. The summed E-state index contributed by atoms with van der Waals surface area (Å²) >= 11 is 0. The number of para-hydroxylation sites is 3. The summed E-state index contributed by atoms with van der Waals surface area (Å²) in [6.45, 7) is 2.10. The molecule has 0 radical (unpaired) electrons. The summed E-state index contributed by atoms with van der Waals surface area (Å²) in [6, 6.07) is 80.2. The molecule has 312 valence electrons. The van der Waals surface area contributed by atoms with E-state index in [1.807, 2.05) is 78.9 Å². The maximum Gasteiger partial charge on any atom is 0.292 e. The number of hydrogen-bond acceptors (Lipinski definition) is 8. The van der Waals surface area contributed by atoms with Gasteiger partial charge in [-0.05, 0) is 177 Å². The van der Waals surface area contributed by atoms with E-state index in [1.54, 1.807) is 24.5 Å². The molecule has 0 heterocycles. The number of ether oxygens (including phenoxy) is 1. The van der Waals surface area contributed by atoms with Crippen LogP contribution < -0.4 is 24.3 Å². The highest BCUT2D eigenvalue weighted by Crippen LogP contribution is 2.43. The van der Waals surface area contributed by atoms with Crippen LogP contribution in [0.25, 0.3) is 0 Å². The highest BCUT2D eigenvalue weighted by molar-refractivity contribution is 5.85. The standard InChI is InChI=1S/C57H42N6O2/c1-43-17-21-48(22-18-43)60(45-11-5-2-6-12-45)50-25-31-53(32-26-50)63(54-33-27-51(28-34-54)61(46-13-7-3-8-14-46)49-23-19-44(20-24-49)59-42-64)55-35-29-52(30-36-55)62(47-15-9-4-10-16-47)56-37-39-57(40-38-56)65-41-58/h2-40H,1H3. The van der Waals surface area contributed by atoms with E-state index < -0.39 is 0 Å². The minimum absolute atomic E-state index is 0.479. The van der Waals surface area contributed by atoms with Crippen molar-refractivity contribution in [2.24, 2.45) is 4.99 Å². The summed E-state index contributed by atoms with van der Waals surface area (Å²) in [5.41, 5.74) is 13.5. The molecule has 0 saturated carbocycles. The van der Waals surface area contributed by atoms with Crippen molar-refractivity contribution in [3.63, 3.8) is 0 Å². The first kappa shape index (κ1) is 41.2. The average molecular weight is 843 g/mol. The lowest BCUT2D eigenvalue weighted by molar-refractivity contribution is 0.507. The maximum absolute atomic E-state index is 11.0. The van der Waals surface area contributed by atoms with E-state index in [4.69, 9.17) is 10.00 Å². The van der Waals surface area contributed by atoms with Gasteiger partial charge in [0.2, 0.25) is 6.08 Å². The van der Waals surface area contributed by atoms with Crippen molar-refractivity contribution in [2.75, 3.05) is 19.6 Å². The first-order valence-corrected chi connectivity index (χ1v) is 21.1. The van der Waals surface area contributed by atoms with Gasteiger partial charge in [0, 0.05) is 68.2 Å². The van der Waals surface area contributed by atoms with Gasteiger partial charge in [-0.2, -0.15) is 4.99 Å². The number of aryl methyl sites for hydroxylation is 1. The number of anilines is 12. The number of aliphatic imine (C=N–C) groups is 1. The highest BCUT2D eigenvalue weighted by atomic mass is 16.5. The Morgan fingerprint density at radius 1 is 0.354 bits per heavy atom. The molecule has 9 rings (SSSR count). The van der Waals surface area contributed by atoms with Gasteiger partial charge in [0.25, 0.3) is 6.26 Å². The lowest BCUT2D eigenvalue weighted by Gasteiger charge is -2.30. The quantitative estimate of drug-likeness (QED) is 0.0613. The summed E-state index contributed by atoms with van der Waals surface area (Å²) in [6.07, 6.45) is 3.39. The Morgan fingerprint density at radius 3 is 0.877 bits per heavy atom. The number of nitriles is 1. The SMILES string of the molecule is Cc1ccc(N(c2ccccc2)c2ccc(N(c3ccc(N(c4ccccc4)c4ccc(N=C=O)cc4)cc3)c3ccc(N(c4ccccc4)c4ccc(OC#N)cc4)cc3)cc2)cc1. The Morgan fingerprint density at radius 2 is 0.600 bits per heavy atom. The zero-order valence-electron chi connectivity index (χ0n) is 35.5. The molecule has 8 heteroatoms. The second-order valence-electron chi connectivity index (χ2n) is 15.1. The molecule has 0 unspecified atom stereocenters. The Hall–Kier alpha value is -9.15. The minimum Gasteiger partial charge on any atom is -0.388 e. The van der Waals surface area contributed by atoms with Crippen LogP contribution >= 0.6 is 0 Å². The van der Waals surface area contributed by atoms with Crippen LogP contribution in [0.5, 0.6) is 5.75 Å². The molecule has 0 aliphatic heterocycles. The summed E-state index contributed by atoms with van der Waals surface area (Å²) in [4.78, 5) is 23.6. The van der Waals surface area contributed by atoms with Gasteiger partial charge < -0.3 is 24.3 Å². The van der Waals surface area contributed by atoms with Crippen molar-refractivity contribution in [1.82, 2.24) is 0 Å². The van der Waals surface area contributed by atoms with Crippen molar-refractivity contribution in [3.8, 4) is 12.0 Å². The molecule has 0 amide bonds. The van der Waals surface area contributed by atoms with Gasteiger partial charge in [0.05, 0.1) is 5.69 Å². The van der Waals surface area contributed by atoms with Crippen LogP contribution in [-0.2, 0) is 4.79 Å². The molecule has 0 atom stereocenters. The molecule has 0 fully saturated rings. The second kappa shape index (κ2) is 19.3. The third-order valence-electron chi connectivity index (χ3n) is 11.0. The van der Waals surface area contributed by atoms with Crippen LogP contribution in [0.4, 0.5) is 73.9 Å². The Kier molecular flexibility index (Phi) is 12.2. The van der Waals surface area contributed by atoms with Gasteiger partial charge in [-0.1, -0.05) is 72.3 Å². The molecule has 0 spiro atoms. The molecule has 0 aliphatic rings. The minimum atomic E-state index is 0.479. The average Bonchev–Trinajstić information content (AvgIpc) is 3.36. The van der Waals surface area contributed by atoms with Crippen LogP contribution in [0.1, 0.15) is 5.56 Å². The van der Waals surface area contributed by atoms with E-state index in [2.05, 4.69) is 177 Å². The normalized spacial score (nSPS) is 10.5. The van der Waals surface area contributed by atoms with Gasteiger partial charge in [0.1, 0.15) is 5.75 Å². The molecular weight excluding hydrogens is 801 g/mol. The van der Waals surface area contributed by atoms with Crippen molar-refractivity contribution in [3.05, 3.63) is 242 Å². The number of rotatable bonds is 14. The number of hydrogen-bond donors (Lipinski definition) is 0. The zero-order chi connectivity index (χ0) is 44.4. The third kappa shape index (κ3) is 9.23. The molecule has 0 bridgehead atoms. The van der Waals surface area contributed by atoms with Crippen molar-refractivity contribution in [1.29, 1.82) is 5.26 Å². The van der Waals surface area contributed by atoms with Gasteiger partial charge in [-0.3, -0.25) is 0 Å². The first-order valence-electron chi connectivity index (χ1n) is 21.1. The van der Waals surface area contributed by atoms with E-state index in [9.17, 15) is 4.79 Å². The molecule has 65 heavy (non-hydrogen) atoms. The topological polar surface area (TPSA) is 75.4 Å². The predicted molar refractivity (Wildman–Crippen MR) is 264 cm³/mol. The second-order valence-corrected chi connectivity index (χ2v) is 15.1. The van der Waals surface area contributed by atoms with E-state index >= 15 is 0 Å². The fourth-order valence-corrected chi connectivity index (χ4v) is 7.91. The molecule has 8 nitrogen and oxygen atoms in total. The molecular formula is C57H42N6O2. The summed E-state index contributed by atoms with van der Waals surface area (Å²) < 4.78 is 5.09. The smallest absolute Gasteiger partial charge is 0.292 e. The lowest BCUT2D eigenvalue weighted by atomic mass is 10.1. The molecule has 0 aliphatic carbocycles. The predicted octanol–water partition coefficient (Wildman–Crippen LogP) is 15.7. The van der Waals surface area contributed by atoms with E-state index in [1.165, 1.54) is 5.56 Å². The van der Waals surface area contributed by atoms with Gasteiger partial charge in [-0.25, -0.2) is 4.79 Å². The fraction of sp³-hybridized carbons (Fsp3) is 0.0175. The van der Waals surface area contributed by atoms with Crippen LogP contribution in [0.2, 0.25) is 0 Å². The molecule has 9 aromatic rings. The lowest BCUT2D eigenvalue weighted by Crippen LogP contribution is -2.13. The number of carbonyl (C=O) groups excluding carboxylic acids is 1. The molecule has 0 aromatic heterocycles. The van der Waals surface area contributed by atoms with E-state index in [0.717, 1.165) is 68.2 Å². The Labute approximate surface area is 379 Å². The largest absolute Gasteiger partial charge is 0.388 e. The van der Waals surface area contributed by atoms with Crippen molar-refractivity contribution < 1.29 is 9.53 Å². The molecule has 0 saturated heterocycles. The highest BCUT2D eigenvalue weighted by Gasteiger charge is 2.20. The fourth-order valence-electron chi connectivity index (χ4n) is 7.91. The van der Waals surface area contributed by atoms with Crippen LogP contribution in [0, 0.1) is 18.4 Å². The van der Waals surface area contributed by atoms with Gasteiger partial charge >= 0.3 is 0 Å². The third-order valence-corrected chi connectivity index (χ3v) is 11.0. The molecule has 0 N–H and O–H groups in total. The Bertz CT molecular complexity index is 3040. The first-order chi connectivity index (χ1) is 32.1. The van der Waals surface area contributed by atoms with Crippen LogP contribution in [0.15, 0.2) is 242 Å². The zero-order valence-corrected chi connectivity index (χ0v) is 35.5. The van der Waals surface area contributed by atoms with Gasteiger partial charge in [0.15, 0.2) is 0 Å².